The average molecular weight is 343 g/mol. The lowest BCUT2D eigenvalue weighted by molar-refractivity contribution is -0.122. The Labute approximate surface area is 145 Å². The molecule has 1 saturated heterocycles. The van der Waals surface area contributed by atoms with E-state index in [1.807, 2.05) is 54.7 Å². The maximum absolute atomic E-state index is 12.2. The minimum absolute atomic E-state index is 0.136. The Hall–Kier alpha value is -2.22. The predicted molar refractivity (Wildman–Crippen MR) is 98.2 cm³/mol. The van der Waals surface area contributed by atoms with Gasteiger partial charge in [0.1, 0.15) is 6.04 Å². The van der Waals surface area contributed by atoms with Crippen molar-refractivity contribution in [3.63, 3.8) is 0 Å². The molecule has 0 bridgehead atoms. The van der Waals surface area contributed by atoms with Crippen molar-refractivity contribution in [2.45, 2.75) is 18.5 Å². The number of benzene rings is 1. The predicted octanol–water partition coefficient (Wildman–Crippen LogP) is 1.87. The lowest BCUT2D eigenvalue weighted by Crippen LogP contribution is -2.41. The molecule has 1 aromatic heterocycles. The number of anilines is 1. The SMILES string of the molecule is CN(C)c1ccc(/C=N/NC(=O)C2CC(c3cccs3)NN2)cc1. The van der Waals surface area contributed by atoms with Gasteiger partial charge in [-0.15, -0.1) is 11.3 Å². The van der Waals surface area contributed by atoms with E-state index in [4.69, 9.17) is 0 Å². The van der Waals surface area contributed by atoms with Crippen LogP contribution in [0.25, 0.3) is 0 Å². The van der Waals surface area contributed by atoms with Gasteiger partial charge in [-0.2, -0.15) is 5.10 Å². The van der Waals surface area contributed by atoms with E-state index in [1.165, 1.54) is 4.88 Å². The fourth-order valence-corrected chi connectivity index (χ4v) is 3.30. The van der Waals surface area contributed by atoms with Crippen molar-refractivity contribution in [1.29, 1.82) is 0 Å². The summed E-state index contributed by atoms with van der Waals surface area (Å²) in [6, 6.07) is 11.9. The monoisotopic (exact) mass is 343 g/mol. The van der Waals surface area contributed by atoms with Crippen LogP contribution >= 0.6 is 11.3 Å². The van der Waals surface area contributed by atoms with Gasteiger partial charge in [-0.05, 0) is 35.6 Å². The zero-order valence-electron chi connectivity index (χ0n) is 13.7. The van der Waals surface area contributed by atoms with Crippen LogP contribution in [0.3, 0.4) is 0 Å². The summed E-state index contributed by atoms with van der Waals surface area (Å²) in [7, 11) is 3.99. The zero-order chi connectivity index (χ0) is 16.9. The molecule has 2 aromatic rings. The molecule has 0 saturated carbocycles. The van der Waals surface area contributed by atoms with Crippen LogP contribution in [0.4, 0.5) is 5.69 Å². The van der Waals surface area contributed by atoms with E-state index in [1.54, 1.807) is 17.6 Å². The third-order valence-corrected chi connectivity index (χ3v) is 4.89. The molecular formula is C17H21N5OS. The Morgan fingerprint density at radius 2 is 2.08 bits per heavy atom. The van der Waals surface area contributed by atoms with Gasteiger partial charge in [-0.3, -0.25) is 4.79 Å². The van der Waals surface area contributed by atoms with Crippen LogP contribution in [0.5, 0.6) is 0 Å². The molecule has 1 aliphatic rings. The van der Waals surface area contributed by atoms with Crippen molar-refractivity contribution in [1.82, 2.24) is 16.3 Å². The Balaban J connectivity index is 1.50. The Morgan fingerprint density at radius 3 is 2.75 bits per heavy atom. The minimum Gasteiger partial charge on any atom is -0.378 e. The number of nitrogens with zero attached hydrogens (tertiary/aromatic N) is 2. The molecule has 1 aliphatic heterocycles. The summed E-state index contributed by atoms with van der Waals surface area (Å²) in [5.41, 5.74) is 10.8. The number of carbonyl (C=O) groups is 1. The van der Waals surface area contributed by atoms with Crippen molar-refractivity contribution in [2.75, 3.05) is 19.0 Å². The molecule has 0 spiro atoms. The summed E-state index contributed by atoms with van der Waals surface area (Å²) < 4.78 is 0. The van der Waals surface area contributed by atoms with Gasteiger partial charge in [-0.25, -0.2) is 16.3 Å². The molecule has 0 radical (unpaired) electrons. The van der Waals surface area contributed by atoms with E-state index in [0.29, 0.717) is 6.42 Å². The van der Waals surface area contributed by atoms with Crippen molar-refractivity contribution in [2.24, 2.45) is 5.10 Å². The summed E-state index contributed by atoms with van der Waals surface area (Å²) in [5.74, 6) is -0.136. The van der Waals surface area contributed by atoms with Crippen LogP contribution in [0.1, 0.15) is 22.9 Å². The van der Waals surface area contributed by atoms with Crippen LogP contribution in [-0.2, 0) is 4.79 Å². The average Bonchev–Trinajstić information content (AvgIpc) is 3.26. The highest BCUT2D eigenvalue weighted by Crippen LogP contribution is 2.25. The molecule has 1 amide bonds. The summed E-state index contributed by atoms with van der Waals surface area (Å²) in [5, 5.41) is 6.08. The molecule has 3 rings (SSSR count). The van der Waals surface area contributed by atoms with E-state index in [-0.39, 0.29) is 18.0 Å². The van der Waals surface area contributed by atoms with Crippen molar-refractivity contribution in [3.05, 3.63) is 52.2 Å². The summed E-state index contributed by atoms with van der Waals surface area (Å²) in [4.78, 5) is 15.4. The first-order chi connectivity index (χ1) is 11.6. The van der Waals surface area contributed by atoms with E-state index in [0.717, 1.165) is 11.3 Å². The van der Waals surface area contributed by atoms with Crippen LogP contribution in [0, 0.1) is 0 Å². The maximum atomic E-state index is 12.2. The molecule has 2 heterocycles. The molecule has 3 N–H and O–H groups in total. The van der Waals surface area contributed by atoms with Crippen molar-refractivity contribution >= 4 is 29.1 Å². The lowest BCUT2D eigenvalue weighted by Gasteiger charge is -2.11. The van der Waals surface area contributed by atoms with Gasteiger partial charge in [0.25, 0.3) is 5.91 Å². The van der Waals surface area contributed by atoms with Gasteiger partial charge in [0.2, 0.25) is 0 Å². The summed E-state index contributed by atoms with van der Waals surface area (Å²) >= 11 is 1.68. The molecular weight excluding hydrogens is 322 g/mol. The first-order valence-corrected chi connectivity index (χ1v) is 8.66. The van der Waals surface area contributed by atoms with Crippen LogP contribution < -0.4 is 21.2 Å². The third kappa shape index (κ3) is 4.00. The molecule has 0 aliphatic carbocycles. The number of nitrogens with one attached hydrogen (secondary N) is 3. The number of rotatable bonds is 5. The Kier molecular flexibility index (Phi) is 5.24. The molecule has 2 atom stereocenters. The van der Waals surface area contributed by atoms with Gasteiger partial charge in [0.15, 0.2) is 0 Å². The van der Waals surface area contributed by atoms with E-state index >= 15 is 0 Å². The maximum Gasteiger partial charge on any atom is 0.258 e. The second-order valence-corrected chi connectivity index (χ2v) is 6.84. The summed E-state index contributed by atoms with van der Waals surface area (Å²) in [6.07, 6.45) is 2.36. The highest BCUT2D eigenvalue weighted by molar-refractivity contribution is 7.10. The van der Waals surface area contributed by atoms with Gasteiger partial charge in [0, 0.05) is 24.7 Å². The standard InChI is InChI=1S/C17H21N5OS/c1-22(2)13-7-5-12(6-8-13)11-18-21-17(23)15-10-14(19-20-15)16-4-3-9-24-16/h3-9,11,14-15,19-20H,10H2,1-2H3,(H,21,23)/b18-11+. The molecule has 24 heavy (non-hydrogen) atoms. The number of hydrazone groups is 1. The minimum atomic E-state index is -0.287. The van der Waals surface area contributed by atoms with Crippen molar-refractivity contribution < 1.29 is 4.79 Å². The molecule has 1 aromatic carbocycles. The summed E-state index contributed by atoms with van der Waals surface area (Å²) in [6.45, 7) is 0. The smallest absolute Gasteiger partial charge is 0.258 e. The van der Waals surface area contributed by atoms with Gasteiger partial charge < -0.3 is 4.90 Å². The second kappa shape index (κ2) is 7.57. The fourth-order valence-electron chi connectivity index (χ4n) is 2.51. The van der Waals surface area contributed by atoms with E-state index < -0.39 is 0 Å². The van der Waals surface area contributed by atoms with Gasteiger partial charge in [-0.1, -0.05) is 18.2 Å². The highest BCUT2D eigenvalue weighted by atomic mass is 32.1. The first kappa shape index (κ1) is 16.6. The van der Waals surface area contributed by atoms with E-state index in [2.05, 4.69) is 27.4 Å². The normalized spacial score (nSPS) is 20.4. The Bertz CT molecular complexity index is 696. The zero-order valence-corrected chi connectivity index (χ0v) is 14.5. The molecule has 6 nitrogen and oxygen atoms in total. The Morgan fingerprint density at radius 1 is 1.29 bits per heavy atom. The van der Waals surface area contributed by atoms with Gasteiger partial charge in [0.05, 0.1) is 12.3 Å². The topological polar surface area (TPSA) is 68.8 Å². The van der Waals surface area contributed by atoms with Gasteiger partial charge >= 0.3 is 0 Å². The molecule has 2 unspecified atom stereocenters. The number of carbonyl (C=O) groups excluding carboxylic acids is 1. The molecule has 7 heteroatoms. The van der Waals surface area contributed by atoms with Crippen LogP contribution in [-0.4, -0.2) is 32.3 Å². The number of thiophene rings is 1. The van der Waals surface area contributed by atoms with Crippen LogP contribution in [0.2, 0.25) is 0 Å². The van der Waals surface area contributed by atoms with Crippen molar-refractivity contribution in [3.8, 4) is 0 Å². The fraction of sp³-hybridized carbons (Fsp3) is 0.294. The third-order valence-electron chi connectivity index (χ3n) is 3.90. The quantitative estimate of drug-likeness (QED) is 0.573. The number of hydrogen-bond donors (Lipinski definition) is 3. The number of hydrogen-bond acceptors (Lipinski definition) is 6. The van der Waals surface area contributed by atoms with E-state index in [9.17, 15) is 4.79 Å². The number of hydrazine groups is 1. The lowest BCUT2D eigenvalue weighted by atomic mass is 10.1. The highest BCUT2D eigenvalue weighted by Gasteiger charge is 2.30. The molecule has 126 valence electrons. The van der Waals surface area contributed by atoms with Crippen LogP contribution in [0.15, 0.2) is 46.9 Å². The molecule has 1 fully saturated rings. The second-order valence-electron chi connectivity index (χ2n) is 5.87. The largest absolute Gasteiger partial charge is 0.378 e. The number of amides is 1. The first-order valence-electron chi connectivity index (χ1n) is 7.78.